The first-order valence-corrected chi connectivity index (χ1v) is 9.72. The van der Waals surface area contributed by atoms with Crippen LogP contribution in [-0.2, 0) is 11.2 Å². The van der Waals surface area contributed by atoms with Gasteiger partial charge in [0.25, 0.3) is 0 Å². The largest absolute Gasteiger partial charge is 0.316 e. The van der Waals surface area contributed by atoms with E-state index in [4.69, 9.17) is 0 Å². The van der Waals surface area contributed by atoms with Crippen LogP contribution in [0.15, 0.2) is 24.4 Å². The number of carbonyl (C=O) groups excluding carboxylic acids is 1. The quantitative estimate of drug-likeness (QED) is 0.735. The van der Waals surface area contributed by atoms with Crippen molar-refractivity contribution in [1.29, 1.82) is 0 Å². The van der Waals surface area contributed by atoms with Crippen LogP contribution in [0, 0.1) is 23.5 Å². The minimum absolute atomic E-state index is 0. The molecule has 0 aliphatic carbocycles. The normalized spacial score (nSPS) is 17.8. The third-order valence-electron chi connectivity index (χ3n) is 4.83. The number of aromatic nitrogens is 1. The van der Waals surface area contributed by atoms with Gasteiger partial charge in [0.05, 0.1) is 0 Å². The van der Waals surface area contributed by atoms with Gasteiger partial charge in [0.2, 0.25) is 5.91 Å². The first kappa shape index (κ1) is 21.7. The fourth-order valence-electron chi connectivity index (χ4n) is 3.29. The third-order valence-corrected chi connectivity index (χ3v) is 5.74. The van der Waals surface area contributed by atoms with E-state index in [1.54, 1.807) is 6.20 Å². The number of benzene rings is 1. The van der Waals surface area contributed by atoms with Gasteiger partial charge < -0.3 is 10.6 Å². The predicted molar refractivity (Wildman–Crippen MR) is 107 cm³/mol. The number of nitrogens with one attached hydrogen (secondary N) is 2. The second-order valence-electron chi connectivity index (χ2n) is 6.88. The van der Waals surface area contributed by atoms with E-state index in [2.05, 4.69) is 22.5 Å². The monoisotopic (exact) mass is 415 g/mol. The van der Waals surface area contributed by atoms with Crippen LogP contribution in [0.1, 0.15) is 36.6 Å². The Bertz CT molecular complexity index is 765. The van der Waals surface area contributed by atoms with Crippen LogP contribution < -0.4 is 10.6 Å². The summed E-state index contributed by atoms with van der Waals surface area (Å²) in [5.74, 6) is -0.361. The second-order valence-corrected chi connectivity index (χ2v) is 8.00. The topological polar surface area (TPSA) is 54.0 Å². The van der Waals surface area contributed by atoms with Crippen LogP contribution in [0.2, 0.25) is 0 Å². The molecule has 8 heteroatoms. The highest BCUT2D eigenvalue weighted by Gasteiger charge is 2.22. The summed E-state index contributed by atoms with van der Waals surface area (Å²) >= 11 is 1.32. The van der Waals surface area contributed by atoms with Crippen molar-refractivity contribution in [3.63, 3.8) is 0 Å². The SMILES string of the molecule is CC(CC(=O)Nc1ncc(Cc2ccc(F)cc2F)s1)C1CCCNC1.Cl. The van der Waals surface area contributed by atoms with Crippen molar-refractivity contribution >= 4 is 34.8 Å². The predicted octanol–water partition coefficient (Wildman–Crippen LogP) is 4.40. The molecular weight excluding hydrogens is 392 g/mol. The molecule has 0 saturated carbocycles. The fourth-order valence-corrected chi connectivity index (χ4v) is 4.15. The molecule has 2 aromatic rings. The molecule has 2 N–H and O–H groups in total. The van der Waals surface area contributed by atoms with E-state index in [1.807, 2.05) is 0 Å². The third kappa shape index (κ3) is 6.23. The molecule has 148 valence electrons. The molecule has 1 aromatic carbocycles. The molecule has 1 amide bonds. The van der Waals surface area contributed by atoms with Gasteiger partial charge in [-0.25, -0.2) is 13.8 Å². The van der Waals surface area contributed by atoms with Gasteiger partial charge in [-0.3, -0.25) is 4.79 Å². The van der Waals surface area contributed by atoms with Gasteiger partial charge in [-0.2, -0.15) is 0 Å². The summed E-state index contributed by atoms with van der Waals surface area (Å²) in [5, 5.41) is 6.73. The molecule has 4 nitrogen and oxygen atoms in total. The summed E-state index contributed by atoms with van der Waals surface area (Å²) in [4.78, 5) is 17.3. The van der Waals surface area contributed by atoms with E-state index in [0.29, 0.717) is 35.4 Å². The lowest BCUT2D eigenvalue weighted by Crippen LogP contribution is -2.34. The molecule has 1 fully saturated rings. The minimum atomic E-state index is -0.592. The molecular formula is C19H24ClF2N3OS. The highest BCUT2D eigenvalue weighted by Crippen LogP contribution is 2.25. The van der Waals surface area contributed by atoms with Crippen LogP contribution >= 0.6 is 23.7 Å². The number of nitrogens with zero attached hydrogens (tertiary/aromatic N) is 1. The van der Waals surface area contributed by atoms with Gasteiger partial charge in [0, 0.05) is 30.0 Å². The van der Waals surface area contributed by atoms with Crippen molar-refractivity contribution in [2.24, 2.45) is 11.8 Å². The van der Waals surface area contributed by atoms with E-state index >= 15 is 0 Å². The summed E-state index contributed by atoms with van der Waals surface area (Å²) in [7, 11) is 0. The van der Waals surface area contributed by atoms with Gasteiger partial charge in [-0.15, -0.1) is 23.7 Å². The molecule has 2 atom stereocenters. The van der Waals surface area contributed by atoms with Gasteiger partial charge in [0.15, 0.2) is 5.13 Å². The standard InChI is InChI=1S/C19H23F2N3OS.ClH/c1-12(14-3-2-6-22-10-14)7-18(25)24-19-23-11-16(26-19)8-13-4-5-15(20)9-17(13)21;/h4-5,9,11-12,14,22H,2-3,6-8,10H2,1H3,(H,23,24,25);1H. The zero-order valence-electron chi connectivity index (χ0n) is 15.1. The molecule has 1 aliphatic heterocycles. The van der Waals surface area contributed by atoms with Gasteiger partial charge >= 0.3 is 0 Å². The van der Waals surface area contributed by atoms with Crippen molar-refractivity contribution in [1.82, 2.24) is 10.3 Å². The number of hydrogen-bond acceptors (Lipinski definition) is 4. The van der Waals surface area contributed by atoms with E-state index in [9.17, 15) is 13.6 Å². The first-order valence-electron chi connectivity index (χ1n) is 8.90. The molecule has 27 heavy (non-hydrogen) atoms. The summed E-state index contributed by atoms with van der Waals surface area (Å²) in [6.45, 7) is 4.15. The van der Waals surface area contributed by atoms with E-state index in [0.717, 1.165) is 36.9 Å². The van der Waals surface area contributed by atoms with Crippen LogP contribution in [0.5, 0.6) is 0 Å². The molecule has 2 heterocycles. The van der Waals surface area contributed by atoms with Crippen molar-refractivity contribution in [2.75, 3.05) is 18.4 Å². The van der Waals surface area contributed by atoms with Gasteiger partial charge in [-0.1, -0.05) is 13.0 Å². The van der Waals surface area contributed by atoms with Crippen LogP contribution in [0.4, 0.5) is 13.9 Å². The Morgan fingerprint density at radius 2 is 2.26 bits per heavy atom. The Morgan fingerprint density at radius 3 is 2.96 bits per heavy atom. The Balaban J connectivity index is 0.00000261. The summed E-state index contributed by atoms with van der Waals surface area (Å²) < 4.78 is 26.7. The number of anilines is 1. The lowest BCUT2D eigenvalue weighted by atomic mass is 9.85. The smallest absolute Gasteiger partial charge is 0.226 e. The summed E-state index contributed by atoms with van der Waals surface area (Å²) in [6, 6.07) is 3.55. The van der Waals surface area contributed by atoms with Crippen molar-refractivity contribution in [3.05, 3.63) is 46.5 Å². The maximum atomic E-state index is 13.7. The van der Waals surface area contributed by atoms with Crippen LogP contribution in [0.25, 0.3) is 0 Å². The number of rotatable bonds is 6. The maximum Gasteiger partial charge on any atom is 0.226 e. The van der Waals surface area contributed by atoms with Gasteiger partial charge in [0.1, 0.15) is 11.6 Å². The first-order chi connectivity index (χ1) is 12.5. The molecule has 1 aromatic heterocycles. The lowest BCUT2D eigenvalue weighted by molar-refractivity contribution is -0.117. The maximum absolute atomic E-state index is 13.7. The van der Waals surface area contributed by atoms with E-state index in [-0.39, 0.29) is 18.3 Å². The fraction of sp³-hybridized carbons (Fsp3) is 0.474. The zero-order chi connectivity index (χ0) is 18.5. The number of thiazole rings is 1. The molecule has 0 bridgehead atoms. The highest BCUT2D eigenvalue weighted by molar-refractivity contribution is 7.15. The average Bonchev–Trinajstić information content (AvgIpc) is 3.05. The number of piperidine rings is 1. The molecule has 2 unspecified atom stereocenters. The lowest BCUT2D eigenvalue weighted by Gasteiger charge is -2.27. The van der Waals surface area contributed by atoms with Crippen molar-refractivity contribution in [2.45, 2.75) is 32.6 Å². The molecule has 3 rings (SSSR count). The van der Waals surface area contributed by atoms with Gasteiger partial charge in [-0.05, 0) is 49.4 Å². The highest BCUT2D eigenvalue weighted by atomic mass is 35.5. The zero-order valence-corrected chi connectivity index (χ0v) is 16.8. The second kappa shape index (κ2) is 10.1. The van der Waals surface area contributed by atoms with E-state index in [1.165, 1.54) is 23.5 Å². The Hall–Kier alpha value is -1.57. The van der Waals surface area contributed by atoms with Crippen LogP contribution in [-0.4, -0.2) is 24.0 Å². The molecule has 1 aliphatic rings. The molecule has 0 spiro atoms. The van der Waals surface area contributed by atoms with E-state index < -0.39 is 11.6 Å². The molecule has 0 radical (unpaired) electrons. The van der Waals surface area contributed by atoms with Crippen LogP contribution in [0.3, 0.4) is 0 Å². The number of carbonyl (C=O) groups is 1. The Kier molecular flexibility index (Phi) is 8.13. The number of hydrogen-bond donors (Lipinski definition) is 2. The Labute approximate surface area is 168 Å². The Morgan fingerprint density at radius 1 is 1.44 bits per heavy atom. The average molecular weight is 416 g/mol. The van der Waals surface area contributed by atoms with Crippen molar-refractivity contribution < 1.29 is 13.6 Å². The summed E-state index contributed by atoms with van der Waals surface area (Å²) in [6.07, 6.45) is 4.73. The minimum Gasteiger partial charge on any atom is -0.316 e. The summed E-state index contributed by atoms with van der Waals surface area (Å²) in [5.41, 5.74) is 0.409. The molecule has 1 saturated heterocycles. The number of amides is 1. The van der Waals surface area contributed by atoms with Crippen molar-refractivity contribution in [3.8, 4) is 0 Å². The number of halogens is 3.